The van der Waals surface area contributed by atoms with Crippen molar-refractivity contribution in [3.05, 3.63) is 65.7 Å². The summed E-state index contributed by atoms with van der Waals surface area (Å²) in [7, 11) is 0. The maximum absolute atomic E-state index is 12.9. The zero-order valence-electron chi connectivity index (χ0n) is 19.3. The van der Waals surface area contributed by atoms with Crippen molar-refractivity contribution >= 4 is 17.5 Å². The third-order valence-electron chi connectivity index (χ3n) is 5.85. The van der Waals surface area contributed by atoms with Crippen LogP contribution in [-0.4, -0.2) is 60.4 Å². The second-order valence-electron chi connectivity index (χ2n) is 8.48. The van der Waals surface area contributed by atoms with E-state index in [1.807, 2.05) is 13.0 Å². The van der Waals surface area contributed by atoms with Crippen molar-refractivity contribution in [3.8, 4) is 0 Å². The largest absolute Gasteiger partial charge is 0.352 e. The van der Waals surface area contributed by atoms with Crippen LogP contribution in [0.1, 0.15) is 49.0 Å². The van der Waals surface area contributed by atoms with E-state index in [9.17, 15) is 9.59 Å². The van der Waals surface area contributed by atoms with Crippen LogP contribution in [0.5, 0.6) is 0 Å². The summed E-state index contributed by atoms with van der Waals surface area (Å²) >= 11 is 0. The predicted octanol–water partition coefficient (Wildman–Crippen LogP) is 3.75. The molecule has 1 saturated heterocycles. The van der Waals surface area contributed by atoms with E-state index in [0.29, 0.717) is 30.4 Å². The molecular formula is C26H36N4O2. The minimum atomic E-state index is -0.128. The first-order valence-electron chi connectivity index (χ1n) is 11.8. The van der Waals surface area contributed by atoms with E-state index >= 15 is 0 Å². The quantitative estimate of drug-likeness (QED) is 0.595. The summed E-state index contributed by atoms with van der Waals surface area (Å²) in [6.45, 7) is 8.92. The van der Waals surface area contributed by atoms with Crippen LogP contribution in [0.15, 0.2) is 54.6 Å². The first-order chi connectivity index (χ1) is 15.6. The number of rotatable bonds is 10. The Labute approximate surface area is 192 Å². The molecule has 0 bridgehead atoms. The van der Waals surface area contributed by atoms with Crippen molar-refractivity contribution < 1.29 is 9.59 Å². The molecule has 1 aliphatic heterocycles. The Bertz CT molecular complexity index is 871. The van der Waals surface area contributed by atoms with Gasteiger partial charge in [0.2, 0.25) is 5.91 Å². The number of nitrogens with one attached hydrogen (secondary N) is 2. The molecule has 2 N–H and O–H groups in total. The minimum Gasteiger partial charge on any atom is -0.352 e. The number of anilines is 1. The highest BCUT2D eigenvalue weighted by molar-refractivity contribution is 5.97. The Hall–Kier alpha value is -2.70. The van der Waals surface area contributed by atoms with Crippen LogP contribution in [0.25, 0.3) is 0 Å². The van der Waals surface area contributed by atoms with Crippen molar-refractivity contribution in [1.82, 2.24) is 15.1 Å². The molecule has 1 heterocycles. The summed E-state index contributed by atoms with van der Waals surface area (Å²) < 4.78 is 0. The standard InChI is InChI=1S/C26H36N4O2/c1-3-15-30(24-14-9-16-29(19-24)18-21-10-6-5-7-11-21)20-25(31)28-23-13-8-12-22(17-23)26(32)27-4-2/h5-8,10-13,17,24H,3-4,9,14-16,18-20H2,1-2H3,(H,27,32)(H,28,31). The summed E-state index contributed by atoms with van der Waals surface area (Å²) in [5.41, 5.74) is 2.54. The van der Waals surface area contributed by atoms with Crippen LogP contribution in [0.4, 0.5) is 5.69 Å². The van der Waals surface area contributed by atoms with E-state index < -0.39 is 0 Å². The van der Waals surface area contributed by atoms with Gasteiger partial charge in [-0.05, 0) is 63.0 Å². The van der Waals surface area contributed by atoms with Gasteiger partial charge in [-0.3, -0.25) is 19.4 Å². The Morgan fingerprint density at radius 2 is 1.91 bits per heavy atom. The Balaban J connectivity index is 1.59. The van der Waals surface area contributed by atoms with Gasteiger partial charge in [0.1, 0.15) is 0 Å². The molecule has 0 radical (unpaired) electrons. The molecular weight excluding hydrogens is 400 g/mol. The highest BCUT2D eigenvalue weighted by Crippen LogP contribution is 2.19. The Morgan fingerprint density at radius 3 is 2.66 bits per heavy atom. The molecule has 1 unspecified atom stereocenters. The van der Waals surface area contributed by atoms with E-state index in [4.69, 9.17) is 0 Å². The van der Waals surface area contributed by atoms with E-state index in [-0.39, 0.29) is 11.8 Å². The van der Waals surface area contributed by atoms with Crippen LogP contribution in [-0.2, 0) is 11.3 Å². The molecule has 0 aromatic heterocycles. The smallest absolute Gasteiger partial charge is 0.251 e. The zero-order valence-corrected chi connectivity index (χ0v) is 19.3. The third kappa shape index (κ3) is 7.18. The molecule has 1 aliphatic rings. The van der Waals surface area contributed by atoms with Crippen molar-refractivity contribution in [2.45, 2.75) is 45.7 Å². The van der Waals surface area contributed by atoms with Gasteiger partial charge in [0.25, 0.3) is 5.91 Å². The highest BCUT2D eigenvalue weighted by atomic mass is 16.2. The average Bonchev–Trinajstić information content (AvgIpc) is 2.80. The molecule has 0 aliphatic carbocycles. The second-order valence-corrected chi connectivity index (χ2v) is 8.48. The monoisotopic (exact) mass is 436 g/mol. The summed E-state index contributed by atoms with van der Waals surface area (Å²) in [5.74, 6) is -0.163. The van der Waals surface area contributed by atoms with E-state index in [1.165, 1.54) is 5.56 Å². The molecule has 3 rings (SSSR count). The summed E-state index contributed by atoms with van der Waals surface area (Å²) in [6.07, 6.45) is 3.27. The fourth-order valence-corrected chi connectivity index (χ4v) is 4.38. The molecule has 6 heteroatoms. The number of piperidine rings is 1. The third-order valence-corrected chi connectivity index (χ3v) is 5.85. The first-order valence-corrected chi connectivity index (χ1v) is 11.8. The Morgan fingerprint density at radius 1 is 1.09 bits per heavy atom. The number of nitrogens with zero attached hydrogens (tertiary/aromatic N) is 2. The van der Waals surface area contributed by atoms with Crippen LogP contribution in [0.2, 0.25) is 0 Å². The summed E-state index contributed by atoms with van der Waals surface area (Å²) in [6, 6.07) is 18.1. The van der Waals surface area contributed by atoms with Crippen LogP contribution in [0.3, 0.4) is 0 Å². The van der Waals surface area contributed by atoms with Gasteiger partial charge in [-0.1, -0.05) is 43.3 Å². The van der Waals surface area contributed by atoms with Gasteiger partial charge in [-0.25, -0.2) is 0 Å². The molecule has 2 aromatic rings. The lowest BCUT2D eigenvalue weighted by Crippen LogP contribution is -2.50. The normalized spacial score (nSPS) is 16.7. The maximum Gasteiger partial charge on any atom is 0.251 e. The van der Waals surface area contributed by atoms with Gasteiger partial charge in [-0.2, -0.15) is 0 Å². The van der Waals surface area contributed by atoms with Crippen molar-refractivity contribution in [2.75, 3.05) is 38.0 Å². The minimum absolute atomic E-state index is 0.0355. The fraction of sp³-hybridized carbons (Fsp3) is 0.462. The first kappa shape index (κ1) is 24.0. The molecule has 0 saturated carbocycles. The lowest BCUT2D eigenvalue weighted by Gasteiger charge is -2.39. The molecule has 6 nitrogen and oxygen atoms in total. The molecule has 1 atom stereocenters. The number of hydrogen-bond acceptors (Lipinski definition) is 4. The molecule has 2 aromatic carbocycles. The Kier molecular flexibility index (Phi) is 9.26. The lowest BCUT2D eigenvalue weighted by molar-refractivity contribution is -0.118. The van der Waals surface area contributed by atoms with Gasteiger partial charge in [0.05, 0.1) is 6.54 Å². The van der Waals surface area contributed by atoms with E-state index in [1.54, 1.807) is 18.2 Å². The highest BCUT2D eigenvalue weighted by Gasteiger charge is 2.26. The van der Waals surface area contributed by atoms with Gasteiger partial charge >= 0.3 is 0 Å². The average molecular weight is 437 g/mol. The van der Waals surface area contributed by atoms with Crippen molar-refractivity contribution in [3.63, 3.8) is 0 Å². The van der Waals surface area contributed by atoms with E-state index in [2.05, 4.69) is 57.7 Å². The zero-order chi connectivity index (χ0) is 22.8. The van der Waals surface area contributed by atoms with Crippen LogP contribution < -0.4 is 10.6 Å². The summed E-state index contributed by atoms with van der Waals surface area (Å²) in [5, 5.41) is 5.78. The van der Waals surface area contributed by atoms with Gasteiger partial charge in [0, 0.05) is 36.9 Å². The number of likely N-dealkylation sites (tertiary alicyclic amines) is 1. The lowest BCUT2D eigenvalue weighted by atomic mass is 10.0. The molecule has 0 spiro atoms. The van der Waals surface area contributed by atoms with Crippen molar-refractivity contribution in [1.29, 1.82) is 0 Å². The number of carbonyl (C=O) groups is 2. The SMILES string of the molecule is CCCN(CC(=O)Nc1cccc(C(=O)NCC)c1)C1CCCN(Cc2ccccc2)C1. The molecule has 172 valence electrons. The second kappa shape index (κ2) is 12.4. The molecule has 1 fully saturated rings. The number of amides is 2. The number of carbonyl (C=O) groups excluding carboxylic acids is 2. The fourth-order valence-electron chi connectivity index (χ4n) is 4.38. The van der Waals surface area contributed by atoms with Crippen LogP contribution in [0, 0.1) is 0 Å². The number of benzene rings is 2. The topological polar surface area (TPSA) is 64.7 Å². The molecule has 2 amide bonds. The van der Waals surface area contributed by atoms with Gasteiger partial charge in [-0.15, -0.1) is 0 Å². The summed E-state index contributed by atoms with van der Waals surface area (Å²) in [4.78, 5) is 29.7. The van der Waals surface area contributed by atoms with Gasteiger partial charge in [0.15, 0.2) is 0 Å². The maximum atomic E-state index is 12.9. The number of hydrogen-bond donors (Lipinski definition) is 2. The molecule has 32 heavy (non-hydrogen) atoms. The van der Waals surface area contributed by atoms with Gasteiger partial charge < -0.3 is 10.6 Å². The van der Waals surface area contributed by atoms with Crippen LogP contribution >= 0.6 is 0 Å². The van der Waals surface area contributed by atoms with Crippen molar-refractivity contribution in [2.24, 2.45) is 0 Å². The predicted molar refractivity (Wildman–Crippen MR) is 130 cm³/mol. The van der Waals surface area contributed by atoms with E-state index in [0.717, 1.165) is 45.4 Å².